The van der Waals surface area contributed by atoms with Crippen molar-refractivity contribution >= 4 is 27.2 Å². The highest BCUT2D eigenvalue weighted by atomic mass is 32.2. The van der Waals surface area contributed by atoms with E-state index in [1.165, 1.54) is 12.1 Å². The van der Waals surface area contributed by atoms with Gasteiger partial charge in [-0.2, -0.15) is 5.10 Å². The van der Waals surface area contributed by atoms with Gasteiger partial charge in [-0.15, -0.1) is 0 Å². The number of sulfonamides is 1. The number of nitrogens with one attached hydrogen (secondary N) is 2. The van der Waals surface area contributed by atoms with E-state index < -0.39 is 10.0 Å². The Hall–Kier alpha value is -2.84. The number of nitrogens with two attached hydrogens (primary N) is 2. The van der Waals surface area contributed by atoms with Gasteiger partial charge in [0.2, 0.25) is 10.0 Å². The monoisotopic (exact) mass is 329 g/mol. The van der Waals surface area contributed by atoms with Gasteiger partial charge in [-0.05, 0) is 36.4 Å². The highest BCUT2D eigenvalue weighted by Gasteiger charge is 2.08. The third-order valence-corrected chi connectivity index (χ3v) is 4.15. The maximum Gasteiger partial charge on any atom is 0.238 e. The zero-order valence-corrected chi connectivity index (χ0v) is 12.8. The van der Waals surface area contributed by atoms with Gasteiger partial charge in [0.15, 0.2) is 0 Å². The van der Waals surface area contributed by atoms with Crippen molar-refractivity contribution in [3.8, 4) is 11.3 Å². The van der Waals surface area contributed by atoms with Crippen LogP contribution >= 0.6 is 0 Å². The number of anilines is 3. The van der Waals surface area contributed by atoms with Crippen LogP contribution in [-0.2, 0) is 10.0 Å². The summed E-state index contributed by atoms with van der Waals surface area (Å²) < 4.78 is 22.4. The summed E-state index contributed by atoms with van der Waals surface area (Å²) in [5.41, 5.74) is 8.79. The zero-order chi connectivity index (χ0) is 16.4. The molecule has 0 aliphatic heterocycles. The second-order valence-electron chi connectivity index (χ2n) is 4.99. The lowest BCUT2D eigenvalue weighted by Gasteiger charge is -2.04. The molecule has 118 valence electrons. The molecule has 0 spiro atoms. The lowest BCUT2D eigenvalue weighted by Crippen LogP contribution is -2.11. The molecule has 0 saturated heterocycles. The van der Waals surface area contributed by atoms with Crippen molar-refractivity contribution in [3.05, 3.63) is 54.6 Å². The third kappa shape index (κ3) is 3.50. The number of aromatic nitrogens is 2. The summed E-state index contributed by atoms with van der Waals surface area (Å²) in [7, 11) is -3.69. The molecule has 3 rings (SSSR count). The lowest BCUT2D eigenvalue weighted by molar-refractivity contribution is 0.598. The van der Waals surface area contributed by atoms with Gasteiger partial charge in [0.05, 0.1) is 10.6 Å². The van der Waals surface area contributed by atoms with Gasteiger partial charge in [-0.3, -0.25) is 5.10 Å². The first-order valence-corrected chi connectivity index (χ1v) is 8.28. The number of nitrogens with zero attached hydrogens (tertiary/aromatic N) is 1. The van der Waals surface area contributed by atoms with Crippen LogP contribution in [0.3, 0.4) is 0 Å². The van der Waals surface area contributed by atoms with E-state index in [9.17, 15) is 8.42 Å². The molecule has 0 atom stereocenters. The Morgan fingerprint density at radius 3 is 2.43 bits per heavy atom. The molecule has 3 aromatic rings. The Morgan fingerprint density at radius 1 is 1.04 bits per heavy atom. The van der Waals surface area contributed by atoms with Crippen LogP contribution in [0.4, 0.5) is 17.2 Å². The van der Waals surface area contributed by atoms with E-state index in [0.29, 0.717) is 17.2 Å². The number of aromatic amines is 1. The quantitative estimate of drug-likeness (QED) is 0.545. The Bertz CT molecular complexity index is 933. The highest BCUT2D eigenvalue weighted by Crippen LogP contribution is 2.23. The van der Waals surface area contributed by atoms with Crippen LogP contribution < -0.4 is 16.2 Å². The largest absolute Gasteiger partial charge is 0.399 e. The van der Waals surface area contributed by atoms with Crippen LogP contribution in [0.5, 0.6) is 0 Å². The standard InChI is InChI=1S/C15H15N5O2S/c16-11-3-1-2-10(8-11)14-9-15(20-19-14)18-12-4-6-13(7-5-12)23(17,21)22/h1-9H,16H2,(H2,17,21,22)(H2,18,19,20). The van der Waals surface area contributed by atoms with E-state index in [2.05, 4.69) is 15.5 Å². The molecule has 0 saturated carbocycles. The van der Waals surface area contributed by atoms with E-state index in [1.54, 1.807) is 12.1 Å². The molecule has 8 heteroatoms. The van der Waals surface area contributed by atoms with Gasteiger partial charge in [0.25, 0.3) is 0 Å². The summed E-state index contributed by atoms with van der Waals surface area (Å²) in [6.07, 6.45) is 0. The highest BCUT2D eigenvalue weighted by molar-refractivity contribution is 7.89. The van der Waals surface area contributed by atoms with E-state index in [0.717, 1.165) is 11.3 Å². The van der Waals surface area contributed by atoms with Gasteiger partial charge < -0.3 is 11.1 Å². The summed E-state index contributed by atoms with van der Waals surface area (Å²) in [4.78, 5) is 0.0631. The molecular formula is C15H15N5O2S. The number of rotatable bonds is 4. The number of benzene rings is 2. The number of H-pyrrole nitrogens is 1. The second-order valence-corrected chi connectivity index (χ2v) is 6.55. The molecule has 0 radical (unpaired) electrons. The van der Waals surface area contributed by atoms with E-state index in [4.69, 9.17) is 10.9 Å². The van der Waals surface area contributed by atoms with Crippen LogP contribution in [0, 0.1) is 0 Å². The van der Waals surface area contributed by atoms with Gasteiger partial charge in [-0.25, -0.2) is 13.6 Å². The average Bonchev–Trinajstić information content (AvgIpc) is 2.95. The van der Waals surface area contributed by atoms with E-state index in [-0.39, 0.29) is 4.90 Å². The fourth-order valence-electron chi connectivity index (χ4n) is 2.12. The molecule has 1 heterocycles. The van der Waals surface area contributed by atoms with Crippen molar-refractivity contribution in [1.29, 1.82) is 0 Å². The number of nitrogen functional groups attached to an aromatic ring is 1. The molecule has 0 aliphatic carbocycles. The zero-order valence-electron chi connectivity index (χ0n) is 12.0. The Balaban J connectivity index is 1.79. The molecule has 0 amide bonds. The molecule has 0 fully saturated rings. The van der Waals surface area contributed by atoms with Gasteiger partial charge >= 0.3 is 0 Å². The van der Waals surface area contributed by atoms with Crippen molar-refractivity contribution in [2.45, 2.75) is 4.90 Å². The van der Waals surface area contributed by atoms with Gasteiger partial charge in [-0.1, -0.05) is 12.1 Å². The van der Waals surface area contributed by atoms with Crippen molar-refractivity contribution < 1.29 is 8.42 Å². The topological polar surface area (TPSA) is 127 Å². The molecule has 2 aromatic carbocycles. The lowest BCUT2D eigenvalue weighted by atomic mass is 10.1. The first-order chi connectivity index (χ1) is 10.9. The molecule has 6 N–H and O–H groups in total. The summed E-state index contributed by atoms with van der Waals surface area (Å²) in [5.74, 6) is 0.672. The first kappa shape index (κ1) is 15.1. The minimum Gasteiger partial charge on any atom is -0.399 e. The number of hydrogen-bond donors (Lipinski definition) is 4. The van der Waals surface area contributed by atoms with Crippen molar-refractivity contribution in [2.24, 2.45) is 5.14 Å². The molecule has 1 aromatic heterocycles. The maximum atomic E-state index is 11.2. The molecular weight excluding hydrogens is 314 g/mol. The van der Waals surface area contributed by atoms with Gasteiger partial charge in [0, 0.05) is 23.0 Å². The van der Waals surface area contributed by atoms with Crippen molar-refractivity contribution in [3.63, 3.8) is 0 Å². The smallest absolute Gasteiger partial charge is 0.238 e. The minimum atomic E-state index is -3.69. The van der Waals surface area contributed by atoms with Crippen molar-refractivity contribution in [1.82, 2.24) is 10.2 Å². The molecule has 0 bridgehead atoms. The normalized spacial score (nSPS) is 11.3. The number of primary sulfonamides is 1. The predicted octanol–water partition coefficient (Wildman–Crippen LogP) is 2.05. The fraction of sp³-hybridized carbons (Fsp3) is 0. The molecule has 23 heavy (non-hydrogen) atoms. The van der Waals surface area contributed by atoms with E-state index >= 15 is 0 Å². The van der Waals surface area contributed by atoms with Crippen LogP contribution in [0.2, 0.25) is 0 Å². The minimum absolute atomic E-state index is 0.0631. The second kappa shape index (κ2) is 5.75. The number of hydrogen-bond acceptors (Lipinski definition) is 5. The fourth-order valence-corrected chi connectivity index (χ4v) is 2.63. The molecule has 0 aliphatic rings. The van der Waals surface area contributed by atoms with Crippen LogP contribution in [0.1, 0.15) is 0 Å². The average molecular weight is 329 g/mol. The predicted molar refractivity (Wildman–Crippen MR) is 89.5 cm³/mol. The van der Waals surface area contributed by atoms with Crippen LogP contribution in [-0.4, -0.2) is 18.6 Å². The Labute approximate surface area is 133 Å². The summed E-state index contributed by atoms with van der Waals surface area (Å²) >= 11 is 0. The van der Waals surface area contributed by atoms with E-state index in [1.807, 2.05) is 30.3 Å². The summed E-state index contributed by atoms with van der Waals surface area (Å²) in [5, 5.41) is 15.3. The van der Waals surface area contributed by atoms with Gasteiger partial charge in [0.1, 0.15) is 5.82 Å². The molecule has 0 unspecified atom stereocenters. The Kier molecular flexibility index (Phi) is 3.77. The Morgan fingerprint density at radius 2 is 1.78 bits per heavy atom. The third-order valence-electron chi connectivity index (χ3n) is 3.22. The summed E-state index contributed by atoms with van der Waals surface area (Å²) in [6.45, 7) is 0. The maximum absolute atomic E-state index is 11.2. The molecule has 7 nitrogen and oxygen atoms in total. The van der Waals surface area contributed by atoms with Crippen LogP contribution in [0.25, 0.3) is 11.3 Å². The summed E-state index contributed by atoms with van der Waals surface area (Å²) in [6, 6.07) is 15.4. The van der Waals surface area contributed by atoms with Crippen molar-refractivity contribution in [2.75, 3.05) is 11.1 Å². The first-order valence-electron chi connectivity index (χ1n) is 6.73. The SMILES string of the molecule is Nc1cccc(-c2cc(Nc3ccc(S(N)(=O)=O)cc3)[nH]n2)c1. The van der Waals surface area contributed by atoms with Crippen LogP contribution in [0.15, 0.2) is 59.5 Å².